The van der Waals surface area contributed by atoms with Gasteiger partial charge in [-0.1, -0.05) is 18.2 Å². The first-order chi connectivity index (χ1) is 17.6. The number of nitrogens with two attached hydrogens (primary N) is 2. The maximum Gasteiger partial charge on any atom is 0.460 e. The summed E-state index contributed by atoms with van der Waals surface area (Å²) >= 11 is 0. The van der Waals surface area contributed by atoms with E-state index in [9.17, 15) is 74.6 Å². The predicted molar refractivity (Wildman–Crippen MR) is 104 cm³/mol. The van der Waals surface area contributed by atoms with E-state index in [4.69, 9.17) is 11.5 Å². The molecule has 0 aliphatic heterocycles. The van der Waals surface area contributed by atoms with Gasteiger partial charge >= 0.3 is 47.6 Å². The van der Waals surface area contributed by atoms with Crippen LogP contribution in [-0.4, -0.2) is 41.7 Å². The molecule has 2 nitrogen and oxygen atoms in total. The number of hydrogen-bond acceptors (Lipinski definition) is 2. The van der Waals surface area contributed by atoms with Crippen LogP contribution >= 0.6 is 0 Å². The highest BCUT2D eigenvalue weighted by Gasteiger charge is 2.95. The first-order valence-electron chi connectivity index (χ1n) is 10.1. The normalized spacial score (nSPS) is 14.9. The fraction of sp³-hybridized carbons (Fsp3) is 0.429. The Bertz CT molecular complexity index is 1220. The van der Waals surface area contributed by atoms with Crippen LogP contribution in [0.15, 0.2) is 42.5 Å². The predicted octanol–water partition coefficient (Wildman–Crippen LogP) is 7.91. The van der Waals surface area contributed by atoms with Crippen molar-refractivity contribution in [1.29, 1.82) is 0 Å². The van der Waals surface area contributed by atoms with Gasteiger partial charge in [0.1, 0.15) is 0 Å². The highest BCUT2D eigenvalue weighted by Crippen LogP contribution is 2.65. The average Bonchev–Trinajstić information content (AvgIpc) is 2.80. The molecule has 0 bridgehead atoms. The van der Waals surface area contributed by atoms with Gasteiger partial charge in [-0.25, -0.2) is 0 Å². The van der Waals surface area contributed by atoms with Crippen LogP contribution in [0.4, 0.5) is 86.0 Å². The molecule has 0 aromatic heterocycles. The van der Waals surface area contributed by atoms with Crippen molar-refractivity contribution in [2.45, 2.75) is 54.1 Å². The lowest BCUT2D eigenvalue weighted by atomic mass is 9.85. The van der Waals surface area contributed by atoms with Crippen molar-refractivity contribution in [2.24, 2.45) is 0 Å². The van der Waals surface area contributed by atoms with E-state index in [0.29, 0.717) is 6.07 Å². The smallest absolute Gasteiger partial charge is 0.399 e. The van der Waals surface area contributed by atoms with Gasteiger partial charge in [-0.15, -0.1) is 0 Å². The van der Waals surface area contributed by atoms with Gasteiger partial charge in [0, 0.05) is 16.9 Å². The van der Waals surface area contributed by atoms with E-state index in [2.05, 4.69) is 0 Å². The monoisotopic (exact) mass is 616 g/mol. The first-order valence-corrected chi connectivity index (χ1v) is 10.1. The van der Waals surface area contributed by atoms with E-state index in [1.165, 1.54) is 0 Å². The molecule has 0 amide bonds. The van der Waals surface area contributed by atoms with Crippen LogP contribution < -0.4 is 11.5 Å². The van der Waals surface area contributed by atoms with Crippen LogP contribution in [0.5, 0.6) is 0 Å². The van der Waals surface area contributed by atoms with Gasteiger partial charge in [0.2, 0.25) is 0 Å². The third kappa shape index (κ3) is 4.63. The van der Waals surface area contributed by atoms with Crippen molar-refractivity contribution in [1.82, 2.24) is 0 Å². The molecular weight excluding hydrogens is 603 g/mol. The van der Waals surface area contributed by atoms with Crippen LogP contribution in [0.1, 0.15) is 16.7 Å². The van der Waals surface area contributed by atoms with Crippen molar-refractivity contribution < 1.29 is 74.6 Å². The number of alkyl halides is 17. The van der Waals surface area contributed by atoms with Gasteiger partial charge in [0.15, 0.2) is 0 Å². The Labute approximate surface area is 211 Å². The molecule has 0 aliphatic carbocycles. The van der Waals surface area contributed by atoms with Crippen LogP contribution in [0.2, 0.25) is 0 Å². The largest absolute Gasteiger partial charge is 0.460 e. The molecular formula is C21H13F17N2. The zero-order chi connectivity index (χ0) is 31.5. The summed E-state index contributed by atoms with van der Waals surface area (Å²) in [5.74, 6) is -57.1. The van der Waals surface area contributed by atoms with Crippen molar-refractivity contribution >= 4 is 11.4 Å². The number of benzene rings is 2. The zero-order valence-electron chi connectivity index (χ0n) is 18.8. The molecule has 0 atom stereocenters. The fourth-order valence-electron chi connectivity index (χ4n) is 3.23. The summed E-state index contributed by atoms with van der Waals surface area (Å²) in [5, 5.41) is 0. The average molecular weight is 616 g/mol. The molecule has 0 fully saturated rings. The molecule has 226 valence electrons. The van der Waals surface area contributed by atoms with Gasteiger partial charge in [-0.3, -0.25) is 0 Å². The summed E-state index contributed by atoms with van der Waals surface area (Å²) in [6, 6.07) is 5.52. The number of nitrogen functional groups attached to an aromatic ring is 2. The van der Waals surface area contributed by atoms with Crippen LogP contribution in [-0.2, 0) is 12.3 Å². The van der Waals surface area contributed by atoms with E-state index < -0.39 is 70.9 Å². The number of halogens is 17. The third-order valence-electron chi connectivity index (χ3n) is 5.57. The SMILES string of the molecule is Nc1ccc(Cc2ccc(N)cc2C(F)(F)C(F)(F)C(F)(F)C(F)(F)C(F)(F)C(F)(F)C(F)(F)C(F)(F)F)cc1. The lowest BCUT2D eigenvalue weighted by Crippen LogP contribution is -2.74. The summed E-state index contributed by atoms with van der Waals surface area (Å²) in [6.45, 7) is 0. The molecule has 0 spiro atoms. The van der Waals surface area contributed by atoms with Gasteiger partial charge in [0.05, 0.1) is 0 Å². The van der Waals surface area contributed by atoms with Gasteiger partial charge in [0.25, 0.3) is 0 Å². The lowest BCUT2D eigenvalue weighted by Gasteiger charge is -2.43. The maximum atomic E-state index is 14.9. The van der Waals surface area contributed by atoms with E-state index in [-0.39, 0.29) is 17.3 Å². The molecule has 0 aliphatic rings. The van der Waals surface area contributed by atoms with Crippen molar-refractivity contribution in [3.05, 3.63) is 59.2 Å². The van der Waals surface area contributed by atoms with E-state index >= 15 is 0 Å². The molecule has 0 heterocycles. The zero-order valence-corrected chi connectivity index (χ0v) is 18.8. The Morgan fingerprint density at radius 2 is 0.825 bits per heavy atom. The Kier molecular flexibility index (Phi) is 7.82. The quantitative estimate of drug-likeness (QED) is 0.222. The highest BCUT2D eigenvalue weighted by atomic mass is 19.4. The second kappa shape index (κ2) is 9.46. The summed E-state index contributed by atoms with van der Waals surface area (Å²) in [7, 11) is 0. The maximum absolute atomic E-state index is 14.9. The molecule has 4 N–H and O–H groups in total. The van der Waals surface area contributed by atoms with Gasteiger partial charge < -0.3 is 11.5 Å². The minimum Gasteiger partial charge on any atom is -0.399 e. The molecule has 2 aromatic carbocycles. The Morgan fingerprint density at radius 1 is 0.450 bits per heavy atom. The van der Waals surface area contributed by atoms with Crippen molar-refractivity contribution in [3.63, 3.8) is 0 Å². The molecule has 0 saturated carbocycles. The summed E-state index contributed by atoms with van der Waals surface area (Å²) < 4.78 is 232. The molecule has 40 heavy (non-hydrogen) atoms. The van der Waals surface area contributed by atoms with Crippen LogP contribution in [0.3, 0.4) is 0 Å². The minimum absolute atomic E-state index is 0.0583. The Morgan fingerprint density at radius 3 is 1.25 bits per heavy atom. The Balaban J connectivity index is 2.71. The van der Waals surface area contributed by atoms with Gasteiger partial charge in [-0.2, -0.15) is 74.6 Å². The number of rotatable bonds is 9. The fourth-order valence-corrected chi connectivity index (χ4v) is 3.23. The molecule has 0 unspecified atom stereocenters. The summed E-state index contributed by atoms with van der Waals surface area (Å²) in [6.07, 6.45) is -8.69. The van der Waals surface area contributed by atoms with Crippen molar-refractivity contribution in [2.75, 3.05) is 11.5 Å². The first kappa shape index (κ1) is 33.1. The Hall–Kier alpha value is -3.15. The second-order valence-electron chi connectivity index (χ2n) is 8.35. The molecule has 0 radical (unpaired) electrons. The standard InChI is InChI=1S/C21H13F17N2/c22-14(23,13-8-12(40)6-3-10(13)7-9-1-4-11(39)5-2-9)15(24,25)16(26,27)17(28,29)18(30,31)19(32,33)20(34,35)21(36,37)38/h1-6,8H,7,39-40H2. The molecule has 19 heteroatoms. The number of hydrogen-bond donors (Lipinski definition) is 2. The van der Waals surface area contributed by atoms with Crippen LogP contribution in [0.25, 0.3) is 0 Å². The van der Waals surface area contributed by atoms with Crippen LogP contribution in [0, 0.1) is 0 Å². The second-order valence-corrected chi connectivity index (χ2v) is 8.35. The van der Waals surface area contributed by atoms with E-state index in [0.717, 1.165) is 30.3 Å². The summed E-state index contributed by atoms with van der Waals surface area (Å²) in [4.78, 5) is 0. The molecule has 2 rings (SSSR count). The molecule has 0 saturated heterocycles. The highest BCUT2D eigenvalue weighted by molar-refractivity contribution is 5.49. The molecule has 2 aromatic rings. The minimum atomic E-state index is -8.69. The number of anilines is 2. The van der Waals surface area contributed by atoms with E-state index in [1.54, 1.807) is 0 Å². The third-order valence-corrected chi connectivity index (χ3v) is 5.57. The van der Waals surface area contributed by atoms with Gasteiger partial charge in [-0.05, 0) is 41.8 Å². The summed E-state index contributed by atoms with van der Waals surface area (Å²) in [5.41, 5.74) is 6.26. The lowest BCUT2D eigenvalue weighted by molar-refractivity contribution is -0.462. The topological polar surface area (TPSA) is 52.0 Å². The van der Waals surface area contributed by atoms with E-state index in [1.807, 2.05) is 0 Å². The van der Waals surface area contributed by atoms with Crippen molar-refractivity contribution in [3.8, 4) is 0 Å².